The second-order valence-corrected chi connectivity index (χ2v) is 9.32. The van der Waals surface area contributed by atoms with Crippen LogP contribution >= 0.6 is 0 Å². The molecule has 2 aromatic rings. The fourth-order valence-corrected chi connectivity index (χ4v) is 6.59. The molecule has 2 aliphatic carbocycles. The minimum absolute atomic E-state index is 0.0651. The molecule has 0 spiro atoms. The van der Waals surface area contributed by atoms with E-state index in [2.05, 4.69) is 40.8 Å². The van der Waals surface area contributed by atoms with Gasteiger partial charge in [-0.3, -0.25) is 4.79 Å². The van der Waals surface area contributed by atoms with E-state index in [4.69, 9.17) is 4.98 Å². The lowest BCUT2D eigenvalue weighted by molar-refractivity contribution is 0.0794. The summed E-state index contributed by atoms with van der Waals surface area (Å²) in [4.78, 5) is 20.7. The van der Waals surface area contributed by atoms with Gasteiger partial charge in [0.2, 0.25) is 0 Å². The number of nitrogens with one attached hydrogen (secondary N) is 1. The highest BCUT2D eigenvalue weighted by Gasteiger charge is 2.78. The Kier molecular flexibility index (Phi) is 2.95. The van der Waals surface area contributed by atoms with Crippen molar-refractivity contribution in [2.75, 3.05) is 6.54 Å². The molecule has 2 saturated carbocycles. The predicted molar refractivity (Wildman–Crippen MR) is 103 cm³/mol. The Morgan fingerprint density at radius 2 is 2.07 bits per heavy atom. The SMILES string of the molecule is CC12CCC(C1)C1(C)C2N1C(=O)c1nc(-c2ccccc2)n2c1CNCC2. The number of benzene rings is 1. The second kappa shape index (κ2) is 5.02. The number of nitrogens with zero attached hydrogens (tertiary/aromatic N) is 3. The van der Waals surface area contributed by atoms with Crippen LogP contribution in [0.3, 0.4) is 0 Å². The number of piperidine rings is 1. The van der Waals surface area contributed by atoms with Crippen LogP contribution in [-0.2, 0) is 13.1 Å². The molecule has 5 nitrogen and oxygen atoms in total. The van der Waals surface area contributed by atoms with E-state index < -0.39 is 0 Å². The smallest absolute Gasteiger partial charge is 0.275 e. The lowest BCUT2D eigenvalue weighted by Gasteiger charge is -2.23. The van der Waals surface area contributed by atoms with E-state index in [9.17, 15) is 4.79 Å². The third-order valence-electron chi connectivity index (χ3n) is 7.86. The molecule has 2 aliphatic heterocycles. The summed E-state index contributed by atoms with van der Waals surface area (Å²) in [5.74, 6) is 1.75. The summed E-state index contributed by atoms with van der Waals surface area (Å²) in [6.45, 7) is 7.19. The summed E-state index contributed by atoms with van der Waals surface area (Å²) in [7, 11) is 0. The number of carbonyl (C=O) groups is 1. The maximum atomic E-state index is 13.6. The number of aromatic nitrogens is 2. The van der Waals surface area contributed by atoms with Gasteiger partial charge in [0.15, 0.2) is 5.69 Å². The number of fused-ring (bicyclic) bond motifs is 6. The molecule has 1 aromatic carbocycles. The van der Waals surface area contributed by atoms with Crippen molar-refractivity contribution in [1.82, 2.24) is 19.8 Å². The molecule has 1 aromatic heterocycles. The molecular weight excluding hydrogens is 336 g/mol. The number of imidazole rings is 1. The predicted octanol–water partition coefficient (Wildman–Crippen LogP) is 3.06. The van der Waals surface area contributed by atoms with Crippen molar-refractivity contribution in [3.8, 4) is 11.4 Å². The normalized spacial score (nSPS) is 35.9. The third kappa shape index (κ3) is 1.88. The largest absolute Gasteiger partial charge is 0.325 e. The molecule has 4 unspecified atom stereocenters. The van der Waals surface area contributed by atoms with Crippen molar-refractivity contribution in [2.24, 2.45) is 11.3 Å². The molecule has 6 rings (SSSR count). The Hall–Kier alpha value is -2.14. The number of rotatable bonds is 2. The number of likely N-dealkylation sites (tertiary alicyclic amines) is 1. The van der Waals surface area contributed by atoms with Gasteiger partial charge >= 0.3 is 0 Å². The molecule has 4 atom stereocenters. The molecule has 2 bridgehead atoms. The maximum absolute atomic E-state index is 13.6. The summed E-state index contributed by atoms with van der Waals surface area (Å²) in [6, 6.07) is 10.7. The Balaban J connectivity index is 1.42. The van der Waals surface area contributed by atoms with Crippen LogP contribution in [0.1, 0.15) is 49.3 Å². The molecular formula is C22H26N4O. The fraction of sp³-hybridized carbons (Fsp3) is 0.545. The standard InChI is InChI=1S/C22H26N4O/c1-21-9-8-15(12-21)22(2)20(21)26(22)19(27)17-16-13-23-10-11-25(16)18(24-17)14-6-4-3-5-7-14/h3-7,15,20,23H,8-13H2,1-2H3. The van der Waals surface area contributed by atoms with Gasteiger partial charge in [-0.15, -0.1) is 0 Å². The van der Waals surface area contributed by atoms with Crippen molar-refractivity contribution >= 4 is 5.91 Å². The highest BCUT2D eigenvalue weighted by atomic mass is 16.2. The number of carbonyl (C=O) groups excluding carboxylic acids is 1. The van der Waals surface area contributed by atoms with Crippen molar-refractivity contribution < 1.29 is 4.79 Å². The van der Waals surface area contributed by atoms with Gasteiger partial charge in [-0.25, -0.2) is 4.98 Å². The molecule has 140 valence electrons. The Labute approximate surface area is 159 Å². The van der Waals surface area contributed by atoms with Gasteiger partial charge in [0.05, 0.1) is 17.3 Å². The fourth-order valence-electron chi connectivity index (χ4n) is 6.59. The van der Waals surface area contributed by atoms with E-state index in [0.717, 1.165) is 36.7 Å². The van der Waals surface area contributed by atoms with Gasteiger partial charge in [0.1, 0.15) is 5.82 Å². The highest BCUT2D eigenvalue weighted by molar-refractivity contribution is 5.97. The van der Waals surface area contributed by atoms with Crippen LogP contribution in [0.25, 0.3) is 11.4 Å². The maximum Gasteiger partial charge on any atom is 0.275 e. The summed E-state index contributed by atoms with van der Waals surface area (Å²) in [5.41, 5.74) is 3.19. The number of amides is 1. The molecule has 3 fully saturated rings. The van der Waals surface area contributed by atoms with Crippen molar-refractivity contribution in [3.63, 3.8) is 0 Å². The summed E-state index contributed by atoms with van der Waals surface area (Å²) >= 11 is 0. The average Bonchev–Trinajstić information content (AvgIpc) is 2.96. The quantitative estimate of drug-likeness (QED) is 0.836. The third-order valence-corrected chi connectivity index (χ3v) is 7.86. The molecule has 1 saturated heterocycles. The van der Waals surface area contributed by atoms with Crippen LogP contribution < -0.4 is 5.32 Å². The van der Waals surface area contributed by atoms with E-state index in [1.165, 1.54) is 19.3 Å². The summed E-state index contributed by atoms with van der Waals surface area (Å²) in [5, 5.41) is 3.43. The number of hydrogen-bond acceptors (Lipinski definition) is 3. The van der Waals surface area contributed by atoms with Gasteiger partial charge in [-0.2, -0.15) is 0 Å². The van der Waals surface area contributed by atoms with Crippen LogP contribution in [-0.4, -0.2) is 38.5 Å². The molecule has 3 heterocycles. The van der Waals surface area contributed by atoms with Gasteiger partial charge in [0.25, 0.3) is 5.91 Å². The highest BCUT2D eigenvalue weighted by Crippen LogP contribution is 2.71. The molecule has 4 aliphatic rings. The molecule has 1 amide bonds. The van der Waals surface area contributed by atoms with Gasteiger partial charge in [-0.1, -0.05) is 37.3 Å². The first kappa shape index (κ1) is 15.9. The Morgan fingerprint density at radius 1 is 1.26 bits per heavy atom. The van der Waals surface area contributed by atoms with Gasteiger partial charge in [0, 0.05) is 25.2 Å². The number of hydrogen-bond donors (Lipinski definition) is 1. The first-order chi connectivity index (χ1) is 13.0. The van der Waals surface area contributed by atoms with Crippen LogP contribution in [0.5, 0.6) is 0 Å². The van der Waals surface area contributed by atoms with Crippen LogP contribution in [0.15, 0.2) is 30.3 Å². The zero-order valence-electron chi connectivity index (χ0n) is 16.0. The first-order valence-corrected chi connectivity index (χ1v) is 10.2. The monoisotopic (exact) mass is 362 g/mol. The summed E-state index contributed by atoms with van der Waals surface area (Å²) in [6.07, 6.45) is 3.82. The van der Waals surface area contributed by atoms with Gasteiger partial charge < -0.3 is 14.8 Å². The van der Waals surface area contributed by atoms with E-state index in [1.54, 1.807) is 0 Å². The minimum Gasteiger partial charge on any atom is -0.325 e. The van der Waals surface area contributed by atoms with Crippen molar-refractivity contribution in [2.45, 2.75) is 57.8 Å². The van der Waals surface area contributed by atoms with Crippen molar-refractivity contribution in [1.29, 1.82) is 0 Å². The Morgan fingerprint density at radius 3 is 2.81 bits per heavy atom. The van der Waals surface area contributed by atoms with Crippen LogP contribution in [0, 0.1) is 11.3 Å². The van der Waals surface area contributed by atoms with Crippen LogP contribution in [0.2, 0.25) is 0 Å². The van der Waals surface area contributed by atoms with Crippen molar-refractivity contribution in [3.05, 3.63) is 41.7 Å². The molecule has 1 N–H and O–H groups in total. The lowest BCUT2D eigenvalue weighted by atomic mass is 9.82. The lowest BCUT2D eigenvalue weighted by Crippen LogP contribution is -2.32. The second-order valence-electron chi connectivity index (χ2n) is 9.32. The minimum atomic E-state index is 0.0651. The van der Waals surface area contributed by atoms with Gasteiger partial charge in [-0.05, 0) is 37.5 Å². The van der Waals surface area contributed by atoms with E-state index in [0.29, 0.717) is 23.1 Å². The van der Waals surface area contributed by atoms with Crippen LogP contribution in [0.4, 0.5) is 0 Å². The van der Waals surface area contributed by atoms with E-state index in [1.807, 2.05) is 18.2 Å². The average molecular weight is 362 g/mol. The van der Waals surface area contributed by atoms with E-state index >= 15 is 0 Å². The first-order valence-electron chi connectivity index (χ1n) is 10.2. The molecule has 27 heavy (non-hydrogen) atoms. The molecule has 0 radical (unpaired) electrons. The zero-order chi connectivity index (χ0) is 18.4. The zero-order valence-corrected chi connectivity index (χ0v) is 16.0. The van der Waals surface area contributed by atoms with E-state index in [-0.39, 0.29) is 11.4 Å². The molecule has 5 heteroatoms. The summed E-state index contributed by atoms with van der Waals surface area (Å²) < 4.78 is 2.25. The topological polar surface area (TPSA) is 49.9 Å². The Bertz CT molecular complexity index is 951.